The van der Waals surface area contributed by atoms with E-state index < -0.39 is 0 Å². The summed E-state index contributed by atoms with van der Waals surface area (Å²) in [5.74, 6) is 0. The zero-order chi connectivity index (χ0) is 16.5. The third-order valence-electron chi connectivity index (χ3n) is 4.19. The van der Waals surface area contributed by atoms with Gasteiger partial charge in [-0.1, -0.05) is 0 Å². The van der Waals surface area contributed by atoms with Crippen LogP contribution >= 0.6 is 0 Å². The molecule has 0 aromatic carbocycles. The number of ether oxygens (including phenoxy) is 2. The zero-order valence-electron chi connectivity index (χ0n) is 14.3. The van der Waals surface area contributed by atoms with Gasteiger partial charge in [-0.25, -0.2) is 9.59 Å². The first-order valence-electron chi connectivity index (χ1n) is 8.48. The van der Waals surface area contributed by atoms with Crippen LogP contribution < -0.4 is 0 Å². The van der Waals surface area contributed by atoms with Crippen molar-refractivity contribution in [2.24, 2.45) is 0 Å². The molecular formula is C16H30N2O4. The lowest BCUT2D eigenvalue weighted by Gasteiger charge is -2.33. The summed E-state index contributed by atoms with van der Waals surface area (Å²) in [6.07, 6.45) is 2.20. The maximum atomic E-state index is 12.1. The van der Waals surface area contributed by atoms with E-state index in [1.54, 1.807) is 9.80 Å². The number of nitrogens with zero attached hydrogens (tertiary/aromatic N) is 2. The van der Waals surface area contributed by atoms with Crippen molar-refractivity contribution in [2.45, 2.75) is 65.6 Å². The van der Waals surface area contributed by atoms with Gasteiger partial charge in [-0.2, -0.15) is 0 Å². The van der Waals surface area contributed by atoms with E-state index in [0.717, 1.165) is 25.7 Å². The fourth-order valence-electron chi connectivity index (χ4n) is 2.70. The Bertz CT molecular complexity index is 320. The number of rotatable bonds is 6. The van der Waals surface area contributed by atoms with Gasteiger partial charge in [0.05, 0.1) is 0 Å². The third kappa shape index (κ3) is 5.07. The molecule has 0 aromatic rings. The van der Waals surface area contributed by atoms with Crippen LogP contribution in [0.2, 0.25) is 0 Å². The molecule has 2 atom stereocenters. The van der Waals surface area contributed by atoms with E-state index in [1.807, 2.05) is 27.7 Å². The maximum absolute atomic E-state index is 12.1. The summed E-state index contributed by atoms with van der Waals surface area (Å²) in [5.41, 5.74) is 0. The fraction of sp³-hybridized carbons (Fsp3) is 0.875. The summed E-state index contributed by atoms with van der Waals surface area (Å²) in [7, 11) is 0. The lowest BCUT2D eigenvalue weighted by molar-refractivity contribution is -0.0477. The SMILES string of the molecule is CCN(CC)C(=O)OC1CCCCC1OC(=O)N(CC)CC. The van der Waals surface area contributed by atoms with Gasteiger partial charge in [-0.05, 0) is 53.4 Å². The standard InChI is InChI=1S/C16H30N2O4/c1-5-17(6-2)15(19)21-13-11-9-10-12-14(13)22-16(20)18(7-3)8-4/h13-14H,5-12H2,1-4H3. The molecule has 6 nitrogen and oxygen atoms in total. The van der Waals surface area contributed by atoms with Gasteiger partial charge in [0, 0.05) is 26.2 Å². The monoisotopic (exact) mass is 314 g/mol. The summed E-state index contributed by atoms with van der Waals surface area (Å²) in [6.45, 7) is 10.1. The number of hydrogen-bond donors (Lipinski definition) is 0. The van der Waals surface area contributed by atoms with Crippen LogP contribution in [0.25, 0.3) is 0 Å². The second kappa shape index (κ2) is 9.54. The lowest BCUT2D eigenvalue weighted by Crippen LogP contribution is -2.44. The number of carbonyl (C=O) groups excluding carboxylic acids is 2. The molecule has 0 N–H and O–H groups in total. The minimum absolute atomic E-state index is 0.319. The van der Waals surface area contributed by atoms with E-state index >= 15 is 0 Å². The van der Waals surface area contributed by atoms with Gasteiger partial charge in [0.15, 0.2) is 0 Å². The largest absolute Gasteiger partial charge is 0.442 e. The summed E-state index contributed by atoms with van der Waals surface area (Å²) in [5, 5.41) is 0. The molecule has 1 aliphatic carbocycles. The van der Waals surface area contributed by atoms with E-state index in [0.29, 0.717) is 26.2 Å². The smallest absolute Gasteiger partial charge is 0.410 e. The molecular weight excluding hydrogens is 284 g/mol. The lowest BCUT2D eigenvalue weighted by atomic mass is 9.94. The molecule has 1 fully saturated rings. The minimum Gasteiger partial charge on any atom is -0.442 e. The van der Waals surface area contributed by atoms with Crippen molar-refractivity contribution in [1.29, 1.82) is 0 Å². The van der Waals surface area contributed by atoms with E-state index in [9.17, 15) is 9.59 Å². The quantitative estimate of drug-likeness (QED) is 0.755. The van der Waals surface area contributed by atoms with Crippen LogP contribution in [0.15, 0.2) is 0 Å². The first-order chi connectivity index (χ1) is 10.6. The molecule has 2 unspecified atom stereocenters. The van der Waals surface area contributed by atoms with Gasteiger partial charge >= 0.3 is 12.2 Å². The predicted octanol–water partition coefficient (Wildman–Crippen LogP) is 3.25. The van der Waals surface area contributed by atoms with Crippen LogP contribution in [-0.2, 0) is 9.47 Å². The van der Waals surface area contributed by atoms with E-state index in [1.165, 1.54) is 0 Å². The van der Waals surface area contributed by atoms with Crippen molar-refractivity contribution < 1.29 is 19.1 Å². The van der Waals surface area contributed by atoms with Gasteiger partial charge in [0.2, 0.25) is 0 Å². The van der Waals surface area contributed by atoms with Crippen LogP contribution in [-0.4, -0.2) is 60.4 Å². The molecule has 22 heavy (non-hydrogen) atoms. The highest BCUT2D eigenvalue weighted by molar-refractivity contribution is 5.69. The summed E-state index contributed by atoms with van der Waals surface area (Å²) in [4.78, 5) is 27.5. The molecule has 1 aliphatic rings. The fourth-order valence-corrected chi connectivity index (χ4v) is 2.70. The van der Waals surface area contributed by atoms with Crippen LogP contribution in [0.1, 0.15) is 53.4 Å². The van der Waals surface area contributed by atoms with Gasteiger partial charge < -0.3 is 19.3 Å². The molecule has 0 bridgehead atoms. The Morgan fingerprint density at radius 3 is 1.36 bits per heavy atom. The molecule has 0 saturated heterocycles. The molecule has 0 aliphatic heterocycles. The second-order valence-corrected chi connectivity index (χ2v) is 5.47. The highest BCUT2D eigenvalue weighted by atomic mass is 16.6. The molecule has 1 saturated carbocycles. The van der Waals surface area contributed by atoms with Gasteiger partial charge in [0.25, 0.3) is 0 Å². The maximum Gasteiger partial charge on any atom is 0.410 e. The Morgan fingerprint density at radius 1 is 0.773 bits per heavy atom. The summed E-state index contributed by atoms with van der Waals surface area (Å²) >= 11 is 0. The van der Waals surface area contributed by atoms with E-state index in [-0.39, 0.29) is 24.4 Å². The van der Waals surface area contributed by atoms with E-state index in [4.69, 9.17) is 9.47 Å². The Hall–Kier alpha value is -1.46. The van der Waals surface area contributed by atoms with Crippen LogP contribution in [0.4, 0.5) is 9.59 Å². The van der Waals surface area contributed by atoms with Crippen LogP contribution in [0, 0.1) is 0 Å². The Labute approximate surface area is 133 Å². The van der Waals surface area contributed by atoms with Crippen molar-refractivity contribution in [3.63, 3.8) is 0 Å². The first kappa shape index (κ1) is 18.6. The minimum atomic E-state index is -0.332. The molecule has 0 aromatic heterocycles. The Kier molecular flexibility index (Phi) is 8.06. The van der Waals surface area contributed by atoms with Crippen molar-refractivity contribution in [3.8, 4) is 0 Å². The molecule has 0 spiro atoms. The highest BCUT2D eigenvalue weighted by Crippen LogP contribution is 2.25. The van der Waals surface area contributed by atoms with Crippen molar-refractivity contribution >= 4 is 12.2 Å². The van der Waals surface area contributed by atoms with Crippen molar-refractivity contribution in [3.05, 3.63) is 0 Å². The van der Waals surface area contributed by atoms with E-state index in [2.05, 4.69) is 0 Å². The topological polar surface area (TPSA) is 59.1 Å². The third-order valence-corrected chi connectivity index (χ3v) is 4.19. The highest BCUT2D eigenvalue weighted by Gasteiger charge is 2.33. The van der Waals surface area contributed by atoms with Gasteiger partial charge in [-0.3, -0.25) is 0 Å². The summed E-state index contributed by atoms with van der Waals surface area (Å²) < 4.78 is 11.2. The van der Waals surface area contributed by atoms with Gasteiger partial charge in [0.1, 0.15) is 12.2 Å². The Balaban J connectivity index is 2.63. The predicted molar refractivity (Wildman–Crippen MR) is 84.8 cm³/mol. The van der Waals surface area contributed by atoms with Crippen molar-refractivity contribution in [2.75, 3.05) is 26.2 Å². The normalized spacial score (nSPS) is 21.1. The average Bonchev–Trinajstić information content (AvgIpc) is 2.51. The summed E-state index contributed by atoms with van der Waals surface area (Å²) in [6, 6.07) is 0. The molecule has 128 valence electrons. The molecule has 1 rings (SSSR count). The van der Waals surface area contributed by atoms with Crippen molar-refractivity contribution in [1.82, 2.24) is 9.80 Å². The number of hydrogen-bond acceptors (Lipinski definition) is 4. The van der Waals surface area contributed by atoms with Gasteiger partial charge in [-0.15, -0.1) is 0 Å². The second-order valence-electron chi connectivity index (χ2n) is 5.47. The number of carbonyl (C=O) groups is 2. The first-order valence-corrected chi connectivity index (χ1v) is 8.48. The van der Waals surface area contributed by atoms with Crippen LogP contribution in [0.3, 0.4) is 0 Å². The average molecular weight is 314 g/mol. The molecule has 2 amide bonds. The zero-order valence-corrected chi connectivity index (χ0v) is 14.3. The Morgan fingerprint density at radius 2 is 1.09 bits per heavy atom. The molecule has 0 radical (unpaired) electrons. The van der Waals surface area contributed by atoms with Crippen LogP contribution in [0.5, 0.6) is 0 Å². The molecule has 0 heterocycles. The molecule has 6 heteroatoms. The number of amides is 2.